The smallest absolute Gasteiger partial charge is 0.345 e. The van der Waals surface area contributed by atoms with E-state index in [2.05, 4.69) is 0 Å². The minimum absolute atomic E-state index is 0.129. The lowest BCUT2D eigenvalue weighted by molar-refractivity contribution is -0.146. The van der Waals surface area contributed by atoms with Crippen molar-refractivity contribution in [2.24, 2.45) is 0 Å². The molecule has 130 valence electrons. The Labute approximate surface area is 140 Å². The first kappa shape index (κ1) is 19.2. The molecule has 7 nitrogen and oxygen atoms in total. The van der Waals surface area contributed by atoms with E-state index in [9.17, 15) is 14.4 Å². The highest BCUT2D eigenvalue weighted by atomic mass is 16.6. The van der Waals surface area contributed by atoms with Gasteiger partial charge in [-0.1, -0.05) is 6.07 Å². The lowest BCUT2D eigenvalue weighted by atomic mass is 10.1. The van der Waals surface area contributed by atoms with E-state index < -0.39 is 17.9 Å². The van der Waals surface area contributed by atoms with Crippen LogP contribution in [0.25, 0.3) is 6.08 Å². The average Bonchev–Trinajstić information content (AvgIpc) is 2.53. The number of ether oxygens (including phenoxy) is 4. The van der Waals surface area contributed by atoms with Crippen molar-refractivity contribution in [3.05, 3.63) is 29.3 Å². The quantitative estimate of drug-likeness (QED) is 0.248. The van der Waals surface area contributed by atoms with Crippen LogP contribution in [0.2, 0.25) is 0 Å². The molecule has 0 atom stereocenters. The summed E-state index contributed by atoms with van der Waals surface area (Å²) in [5, 5.41) is 0. The highest BCUT2D eigenvalue weighted by molar-refractivity contribution is 6.17. The van der Waals surface area contributed by atoms with Crippen LogP contribution in [0, 0.1) is 0 Å². The van der Waals surface area contributed by atoms with Gasteiger partial charge in [0.05, 0.1) is 20.3 Å². The van der Waals surface area contributed by atoms with Gasteiger partial charge < -0.3 is 18.9 Å². The number of rotatable bonds is 7. The van der Waals surface area contributed by atoms with Crippen LogP contribution in [0.3, 0.4) is 0 Å². The molecule has 1 rings (SSSR count). The van der Waals surface area contributed by atoms with Gasteiger partial charge in [0.2, 0.25) is 0 Å². The summed E-state index contributed by atoms with van der Waals surface area (Å²) in [6.07, 6.45) is 1.33. The molecule has 0 heterocycles. The monoisotopic (exact) mass is 336 g/mol. The minimum Gasteiger partial charge on any atom is -0.493 e. The van der Waals surface area contributed by atoms with Crippen LogP contribution in [0.5, 0.6) is 11.5 Å². The summed E-state index contributed by atoms with van der Waals surface area (Å²) < 4.78 is 19.9. The van der Waals surface area contributed by atoms with E-state index in [0.29, 0.717) is 5.56 Å². The number of hydrogen-bond acceptors (Lipinski definition) is 7. The SMILES string of the molecule is CCOC(=O)C(=Cc1ccc(OC(C)=O)c(OC)c1)C(=O)OCC. The number of esters is 3. The summed E-state index contributed by atoms with van der Waals surface area (Å²) in [6, 6.07) is 4.59. The lowest BCUT2D eigenvalue weighted by Crippen LogP contribution is -2.18. The van der Waals surface area contributed by atoms with E-state index in [4.69, 9.17) is 18.9 Å². The molecule has 1 aromatic carbocycles. The number of carbonyl (C=O) groups excluding carboxylic acids is 3. The standard InChI is InChI=1S/C17H20O7/c1-5-22-16(19)13(17(20)23-6-2)9-12-7-8-14(24-11(3)18)15(10-12)21-4/h7-10H,5-6H2,1-4H3. The molecule has 0 fully saturated rings. The number of hydrogen-bond donors (Lipinski definition) is 0. The highest BCUT2D eigenvalue weighted by Gasteiger charge is 2.21. The molecule has 0 aliphatic carbocycles. The van der Waals surface area contributed by atoms with Gasteiger partial charge in [-0.3, -0.25) is 4.79 Å². The fraction of sp³-hybridized carbons (Fsp3) is 0.353. The van der Waals surface area contributed by atoms with Gasteiger partial charge in [-0.2, -0.15) is 0 Å². The third-order valence-corrected chi connectivity index (χ3v) is 2.74. The maximum absolute atomic E-state index is 11.9. The second kappa shape index (κ2) is 9.34. The fourth-order valence-electron chi connectivity index (χ4n) is 1.80. The molecule has 0 spiro atoms. The van der Waals surface area contributed by atoms with Crippen molar-refractivity contribution in [3.8, 4) is 11.5 Å². The maximum Gasteiger partial charge on any atom is 0.345 e. The summed E-state index contributed by atoms with van der Waals surface area (Å²) in [5.41, 5.74) is 0.250. The summed E-state index contributed by atoms with van der Waals surface area (Å²) in [5.74, 6) is -1.53. The van der Waals surface area contributed by atoms with E-state index in [0.717, 1.165) is 0 Å². The van der Waals surface area contributed by atoms with E-state index in [1.165, 1.54) is 32.2 Å². The first-order valence-electron chi connectivity index (χ1n) is 7.35. The molecule has 1 aromatic rings. The molecule has 7 heteroatoms. The predicted octanol–water partition coefficient (Wildman–Crippen LogP) is 2.13. The van der Waals surface area contributed by atoms with Crippen molar-refractivity contribution in [1.29, 1.82) is 0 Å². The Hall–Kier alpha value is -2.83. The van der Waals surface area contributed by atoms with Crippen LogP contribution < -0.4 is 9.47 Å². The predicted molar refractivity (Wildman–Crippen MR) is 85.5 cm³/mol. The van der Waals surface area contributed by atoms with Gasteiger partial charge in [-0.15, -0.1) is 0 Å². The first-order valence-corrected chi connectivity index (χ1v) is 7.35. The summed E-state index contributed by atoms with van der Waals surface area (Å²) >= 11 is 0. The third-order valence-electron chi connectivity index (χ3n) is 2.74. The molecule has 24 heavy (non-hydrogen) atoms. The van der Waals surface area contributed by atoms with Crippen LogP contribution >= 0.6 is 0 Å². The zero-order valence-electron chi connectivity index (χ0n) is 14.1. The van der Waals surface area contributed by atoms with Crippen LogP contribution in [-0.2, 0) is 23.9 Å². The van der Waals surface area contributed by atoms with Crippen molar-refractivity contribution in [2.75, 3.05) is 20.3 Å². The first-order chi connectivity index (χ1) is 11.4. The Balaban J connectivity index is 3.23. The summed E-state index contributed by atoms with van der Waals surface area (Å²) in [6.45, 7) is 4.80. The van der Waals surface area contributed by atoms with Gasteiger partial charge in [-0.25, -0.2) is 9.59 Å². The lowest BCUT2D eigenvalue weighted by Gasteiger charge is -2.10. The number of carbonyl (C=O) groups is 3. The van der Waals surface area contributed by atoms with Crippen molar-refractivity contribution in [3.63, 3.8) is 0 Å². The molecule has 0 radical (unpaired) electrons. The van der Waals surface area contributed by atoms with E-state index in [1.807, 2.05) is 0 Å². The Morgan fingerprint density at radius 1 is 1.00 bits per heavy atom. The van der Waals surface area contributed by atoms with Gasteiger partial charge in [-0.05, 0) is 37.6 Å². The highest BCUT2D eigenvalue weighted by Crippen LogP contribution is 2.29. The van der Waals surface area contributed by atoms with Crippen molar-refractivity contribution in [1.82, 2.24) is 0 Å². The van der Waals surface area contributed by atoms with Crippen LogP contribution in [0.4, 0.5) is 0 Å². The maximum atomic E-state index is 11.9. The Bertz CT molecular complexity index is 626. The van der Waals surface area contributed by atoms with Gasteiger partial charge in [0.25, 0.3) is 0 Å². The molecule has 0 aliphatic heterocycles. The molecule has 0 bridgehead atoms. The normalized spacial score (nSPS) is 9.67. The number of benzene rings is 1. The fourth-order valence-corrected chi connectivity index (χ4v) is 1.80. The van der Waals surface area contributed by atoms with Crippen molar-refractivity contribution < 1.29 is 33.3 Å². The Morgan fingerprint density at radius 2 is 1.58 bits per heavy atom. The summed E-state index contributed by atoms with van der Waals surface area (Å²) in [7, 11) is 1.41. The largest absolute Gasteiger partial charge is 0.493 e. The average molecular weight is 336 g/mol. The molecule has 0 amide bonds. The molecule has 0 saturated carbocycles. The zero-order chi connectivity index (χ0) is 18.1. The molecule has 0 N–H and O–H groups in total. The Kier molecular flexibility index (Phi) is 7.48. The second-order valence-electron chi connectivity index (χ2n) is 4.50. The topological polar surface area (TPSA) is 88.1 Å². The third kappa shape index (κ3) is 5.42. The molecule has 0 aliphatic rings. The Morgan fingerprint density at radius 3 is 2.04 bits per heavy atom. The van der Waals surface area contributed by atoms with Gasteiger partial charge >= 0.3 is 17.9 Å². The minimum atomic E-state index is -0.779. The molecular weight excluding hydrogens is 316 g/mol. The van der Waals surface area contributed by atoms with E-state index in [-0.39, 0.29) is 30.3 Å². The second-order valence-corrected chi connectivity index (χ2v) is 4.50. The van der Waals surface area contributed by atoms with E-state index in [1.54, 1.807) is 19.9 Å². The van der Waals surface area contributed by atoms with Crippen LogP contribution in [-0.4, -0.2) is 38.2 Å². The van der Waals surface area contributed by atoms with Gasteiger partial charge in [0, 0.05) is 6.92 Å². The number of methoxy groups -OCH3 is 1. The zero-order valence-corrected chi connectivity index (χ0v) is 14.1. The molecule has 0 aromatic heterocycles. The van der Waals surface area contributed by atoms with Crippen LogP contribution in [0.15, 0.2) is 23.8 Å². The molecule has 0 saturated heterocycles. The van der Waals surface area contributed by atoms with Gasteiger partial charge in [0.1, 0.15) is 5.57 Å². The van der Waals surface area contributed by atoms with E-state index >= 15 is 0 Å². The van der Waals surface area contributed by atoms with Crippen molar-refractivity contribution in [2.45, 2.75) is 20.8 Å². The molecule has 0 unspecified atom stereocenters. The van der Waals surface area contributed by atoms with Crippen LogP contribution in [0.1, 0.15) is 26.3 Å². The van der Waals surface area contributed by atoms with Gasteiger partial charge in [0.15, 0.2) is 11.5 Å². The van der Waals surface area contributed by atoms with Crippen molar-refractivity contribution >= 4 is 24.0 Å². The summed E-state index contributed by atoms with van der Waals surface area (Å²) in [4.78, 5) is 34.9. The molecular formula is C17H20O7.